The first-order valence-electron chi connectivity index (χ1n) is 12.5. The number of benzene rings is 1. The van der Waals surface area contributed by atoms with Gasteiger partial charge in [-0.1, -0.05) is 0 Å². The van der Waals surface area contributed by atoms with Crippen LogP contribution >= 0.6 is 0 Å². The Bertz CT molecular complexity index is 1540. The van der Waals surface area contributed by atoms with Crippen molar-refractivity contribution in [3.8, 4) is 11.6 Å². The molecule has 1 saturated heterocycles. The highest BCUT2D eigenvalue weighted by Gasteiger charge is 2.35. The monoisotopic (exact) mass is 548 g/mol. The molecule has 1 aliphatic rings. The predicted molar refractivity (Wildman–Crippen MR) is 141 cm³/mol. The number of fused-ring (bicyclic) bond motifs is 1. The van der Waals surface area contributed by atoms with Crippen LogP contribution in [0.15, 0.2) is 35.3 Å². The Labute approximate surface area is 220 Å². The van der Waals surface area contributed by atoms with Gasteiger partial charge in [-0.3, -0.25) is 13.9 Å². The third-order valence-electron chi connectivity index (χ3n) is 7.23. The van der Waals surface area contributed by atoms with Crippen molar-refractivity contribution >= 4 is 26.8 Å². The van der Waals surface area contributed by atoms with Crippen LogP contribution in [0.4, 0.5) is 4.39 Å². The molecule has 0 bridgehead atoms. The smallest absolute Gasteiger partial charge is 0.334 e. The lowest BCUT2D eigenvalue weighted by molar-refractivity contribution is 0.0307. The van der Waals surface area contributed by atoms with E-state index >= 15 is 0 Å². The van der Waals surface area contributed by atoms with Crippen molar-refractivity contribution in [1.82, 2.24) is 19.4 Å². The van der Waals surface area contributed by atoms with Crippen LogP contribution in [0.5, 0.6) is 5.88 Å². The van der Waals surface area contributed by atoms with Crippen LogP contribution in [0.3, 0.4) is 0 Å². The number of rotatable bonds is 7. The number of amides is 1. The van der Waals surface area contributed by atoms with E-state index in [2.05, 4.69) is 10.3 Å². The summed E-state index contributed by atoms with van der Waals surface area (Å²) in [6, 6.07) is 5.19. The highest BCUT2D eigenvalue weighted by molar-refractivity contribution is 7.91. The molecule has 2 aromatic heterocycles. The standard InChI is InChI=1S/C26H33FN4O6S/c1-6-37-22-14-20(18(27)15-28-22)31-19-8-7-17(13-21(19)30(24(31)33)16(2)25(3,4)34)23(32)29-26(5)9-11-38(35,36)12-10-26/h7-8,13-16,34H,6,9-12H2,1-5H3,(H,29,32)/t16-/m0/s1. The molecule has 206 valence electrons. The molecular formula is C26H33FN4O6S. The Morgan fingerprint density at radius 1 is 1.26 bits per heavy atom. The van der Waals surface area contributed by atoms with Crippen LogP contribution in [0.2, 0.25) is 0 Å². The van der Waals surface area contributed by atoms with Crippen LogP contribution in [0.25, 0.3) is 16.7 Å². The van der Waals surface area contributed by atoms with E-state index in [1.54, 1.807) is 33.8 Å². The summed E-state index contributed by atoms with van der Waals surface area (Å²) in [5.74, 6) is -1.03. The zero-order valence-corrected chi connectivity index (χ0v) is 22.9. The molecule has 1 fully saturated rings. The summed E-state index contributed by atoms with van der Waals surface area (Å²) in [4.78, 5) is 30.9. The van der Waals surface area contributed by atoms with Crippen LogP contribution < -0.4 is 15.7 Å². The summed E-state index contributed by atoms with van der Waals surface area (Å²) in [5, 5.41) is 13.7. The molecule has 3 heterocycles. The van der Waals surface area contributed by atoms with Crippen molar-refractivity contribution < 1.29 is 27.4 Å². The van der Waals surface area contributed by atoms with E-state index in [9.17, 15) is 27.5 Å². The minimum Gasteiger partial charge on any atom is -0.478 e. The summed E-state index contributed by atoms with van der Waals surface area (Å²) >= 11 is 0. The number of carbonyl (C=O) groups excluding carboxylic acids is 1. The maximum absolute atomic E-state index is 15.0. The van der Waals surface area contributed by atoms with E-state index in [4.69, 9.17) is 4.74 Å². The van der Waals surface area contributed by atoms with Gasteiger partial charge in [-0.15, -0.1) is 0 Å². The average Bonchev–Trinajstić information content (AvgIpc) is 3.12. The third-order valence-corrected chi connectivity index (χ3v) is 8.89. The van der Waals surface area contributed by atoms with Gasteiger partial charge >= 0.3 is 5.69 Å². The van der Waals surface area contributed by atoms with Gasteiger partial charge in [0, 0.05) is 17.2 Å². The fourth-order valence-corrected chi connectivity index (χ4v) is 6.28. The summed E-state index contributed by atoms with van der Waals surface area (Å²) < 4.78 is 46.6. The summed E-state index contributed by atoms with van der Waals surface area (Å²) in [7, 11) is -3.11. The molecule has 0 unspecified atom stereocenters. The molecule has 1 atom stereocenters. The van der Waals surface area contributed by atoms with Crippen LogP contribution in [-0.2, 0) is 9.84 Å². The Morgan fingerprint density at radius 3 is 2.53 bits per heavy atom. The van der Waals surface area contributed by atoms with E-state index in [1.165, 1.54) is 27.3 Å². The van der Waals surface area contributed by atoms with Gasteiger partial charge in [0.15, 0.2) is 5.82 Å². The first kappa shape index (κ1) is 27.8. The number of hydrogen-bond donors (Lipinski definition) is 2. The molecule has 3 aromatic rings. The van der Waals surface area contributed by atoms with Gasteiger partial charge in [0.2, 0.25) is 5.88 Å². The van der Waals surface area contributed by atoms with Crippen molar-refractivity contribution in [3.63, 3.8) is 0 Å². The molecular weight excluding hydrogens is 515 g/mol. The van der Waals surface area contributed by atoms with E-state index < -0.39 is 44.4 Å². The number of aliphatic hydroxyl groups is 1. The number of carbonyl (C=O) groups is 1. The van der Waals surface area contributed by atoms with Gasteiger partial charge < -0.3 is 15.2 Å². The lowest BCUT2D eigenvalue weighted by atomic mass is 9.94. The fourth-order valence-electron chi connectivity index (χ4n) is 4.55. The Balaban J connectivity index is 1.85. The lowest BCUT2D eigenvalue weighted by Gasteiger charge is -2.34. The molecule has 0 aliphatic carbocycles. The van der Waals surface area contributed by atoms with Gasteiger partial charge in [0.05, 0.1) is 52.7 Å². The molecule has 12 heteroatoms. The number of halogens is 1. The number of aromatic nitrogens is 3. The summed E-state index contributed by atoms with van der Waals surface area (Å²) in [6.45, 7) is 8.64. The maximum Gasteiger partial charge on any atom is 0.334 e. The largest absolute Gasteiger partial charge is 0.478 e. The quantitative estimate of drug-likeness (QED) is 0.464. The number of nitrogens with zero attached hydrogens (tertiary/aromatic N) is 3. The number of sulfone groups is 1. The highest BCUT2D eigenvalue weighted by Crippen LogP contribution is 2.29. The molecule has 10 nitrogen and oxygen atoms in total. The minimum atomic E-state index is -3.11. The number of ether oxygens (including phenoxy) is 1. The average molecular weight is 549 g/mol. The molecule has 0 radical (unpaired) electrons. The Kier molecular flexibility index (Phi) is 7.17. The van der Waals surface area contributed by atoms with E-state index in [0.29, 0.717) is 30.5 Å². The molecule has 4 rings (SSSR count). The van der Waals surface area contributed by atoms with Crippen molar-refractivity contribution in [1.29, 1.82) is 0 Å². The van der Waals surface area contributed by atoms with Crippen molar-refractivity contribution in [2.45, 2.75) is 64.6 Å². The number of pyridine rings is 1. The number of hydrogen-bond acceptors (Lipinski definition) is 7. The second-order valence-electron chi connectivity index (χ2n) is 10.6. The summed E-state index contributed by atoms with van der Waals surface area (Å²) in [5.41, 5.74) is -1.81. The normalized spacial score (nSPS) is 17.8. The second kappa shape index (κ2) is 9.81. The fraction of sp³-hybridized carbons (Fsp3) is 0.500. The molecule has 0 spiro atoms. The maximum atomic E-state index is 15.0. The molecule has 1 aromatic carbocycles. The predicted octanol–water partition coefficient (Wildman–Crippen LogP) is 2.75. The zero-order valence-electron chi connectivity index (χ0n) is 22.1. The minimum absolute atomic E-state index is 0.00443. The Hall–Kier alpha value is -3.25. The van der Waals surface area contributed by atoms with Crippen LogP contribution in [-0.4, -0.2) is 62.8 Å². The van der Waals surface area contributed by atoms with Crippen molar-refractivity contribution in [2.24, 2.45) is 0 Å². The van der Waals surface area contributed by atoms with Crippen LogP contribution in [0, 0.1) is 5.82 Å². The third kappa shape index (κ3) is 5.32. The highest BCUT2D eigenvalue weighted by atomic mass is 32.2. The van der Waals surface area contributed by atoms with Gasteiger partial charge in [-0.05, 0) is 65.7 Å². The van der Waals surface area contributed by atoms with Gasteiger partial charge in [0.25, 0.3) is 5.91 Å². The van der Waals surface area contributed by atoms with Crippen molar-refractivity contribution in [2.75, 3.05) is 18.1 Å². The van der Waals surface area contributed by atoms with E-state index in [1.807, 2.05) is 6.92 Å². The van der Waals surface area contributed by atoms with Gasteiger partial charge in [-0.25, -0.2) is 22.6 Å². The SMILES string of the molecule is CCOc1cc(-n2c(=O)n([C@@H](C)C(C)(C)O)c3cc(C(=O)NC4(C)CCS(=O)(=O)CC4)ccc32)c(F)cn1. The summed E-state index contributed by atoms with van der Waals surface area (Å²) in [6.07, 6.45) is 1.56. The van der Waals surface area contributed by atoms with Gasteiger partial charge in [0.1, 0.15) is 9.84 Å². The molecule has 1 aliphatic heterocycles. The first-order valence-corrected chi connectivity index (χ1v) is 14.3. The van der Waals surface area contributed by atoms with E-state index in [0.717, 1.165) is 6.20 Å². The topological polar surface area (TPSA) is 133 Å². The van der Waals surface area contributed by atoms with Crippen molar-refractivity contribution in [3.05, 3.63) is 52.3 Å². The number of nitrogens with one attached hydrogen (secondary N) is 1. The Morgan fingerprint density at radius 2 is 1.92 bits per heavy atom. The lowest BCUT2D eigenvalue weighted by Crippen LogP contribution is -2.50. The van der Waals surface area contributed by atoms with Gasteiger partial charge in [-0.2, -0.15) is 0 Å². The molecule has 2 N–H and O–H groups in total. The van der Waals surface area contributed by atoms with E-state index in [-0.39, 0.29) is 28.6 Å². The molecule has 1 amide bonds. The number of imidazole rings is 1. The first-order chi connectivity index (χ1) is 17.7. The molecule has 0 saturated carbocycles. The second-order valence-corrected chi connectivity index (χ2v) is 12.9. The zero-order chi connectivity index (χ0) is 28.0. The van der Waals surface area contributed by atoms with Crippen LogP contribution in [0.1, 0.15) is 63.9 Å². The molecule has 38 heavy (non-hydrogen) atoms.